The highest BCUT2D eigenvalue weighted by atomic mass is 79.9. The van der Waals surface area contributed by atoms with Crippen molar-refractivity contribution in [2.75, 3.05) is 13.1 Å². The topological polar surface area (TPSA) is 74.4 Å². The van der Waals surface area contributed by atoms with Crippen LogP contribution in [0.15, 0.2) is 64.3 Å². The zero-order valence-corrected chi connectivity index (χ0v) is 20.3. The van der Waals surface area contributed by atoms with Crippen LogP contribution in [-0.4, -0.2) is 45.2 Å². The van der Waals surface area contributed by atoms with Crippen LogP contribution >= 0.6 is 15.9 Å². The lowest BCUT2D eigenvalue weighted by atomic mass is 9.99. The summed E-state index contributed by atoms with van der Waals surface area (Å²) in [6.45, 7) is 13.4. The smallest absolute Gasteiger partial charge is 0.280 e. The number of allylic oxidation sites excluding steroid dienone is 1. The molecule has 1 aromatic carbocycles. The first kappa shape index (κ1) is 22.5. The Morgan fingerprint density at radius 1 is 1.28 bits per heavy atom. The summed E-state index contributed by atoms with van der Waals surface area (Å²) >= 11 is 3.55. The van der Waals surface area contributed by atoms with Gasteiger partial charge >= 0.3 is 0 Å². The Hall–Kier alpha value is -2.74. The van der Waals surface area contributed by atoms with E-state index in [2.05, 4.69) is 34.0 Å². The molecule has 0 radical (unpaired) electrons. The van der Waals surface area contributed by atoms with E-state index in [1.165, 1.54) is 0 Å². The van der Waals surface area contributed by atoms with Crippen molar-refractivity contribution in [2.24, 2.45) is 10.7 Å². The first-order valence-corrected chi connectivity index (χ1v) is 11.8. The van der Waals surface area contributed by atoms with Gasteiger partial charge < -0.3 is 15.4 Å². The average Bonchev–Trinajstić information content (AvgIpc) is 3.35. The number of benzene rings is 1. The molecule has 4 rings (SSSR count). The van der Waals surface area contributed by atoms with E-state index in [0.717, 1.165) is 43.5 Å². The van der Waals surface area contributed by atoms with Crippen molar-refractivity contribution in [3.05, 3.63) is 64.9 Å². The van der Waals surface area contributed by atoms with Gasteiger partial charge in [-0.05, 0) is 60.3 Å². The number of amides is 1. The summed E-state index contributed by atoms with van der Waals surface area (Å²) in [5.74, 6) is 2.50. The van der Waals surface area contributed by atoms with E-state index >= 15 is 0 Å². The molecule has 0 atom stereocenters. The van der Waals surface area contributed by atoms with Crippen molar-refractivity contribution in [3.63, 3.8) is 0 Å². The Morgan fingerprint density at radius 2 is 1.94 bits per heavy atom. The van der Waals surface area contributed by atoms with Gasteiger partial charge in [0.1, 0.15) is 17.3 Å². The normalized spacial score (nSPS) is 19.3. The number of likely N-dealkylation sites (N-methyl/N-ethyl adjacent to an activating group) is 1. The summed E-state index contributed by atoms with van der Waals surface area (Å²) in [6, 6.07) is 7.77. The van der Waals surface area contributed by atoms with Crippen LogP contribution in [0.4, 0.5) is 0 Å². The standard InChI is InChI=1S/C24H30BrN5O2/c1-5-28-22(31)20(26)21(30-15-24(27-23(28)30)12-6-7-13-24)29(17(4)25)14-18-8-10-19(11-9-18)32-16(2)3/h8-11H,2,4-7,12-15,26H2,1,3H3. The number of guanidine groups is 1. The highest BCUT2D eigenvalue weighted by Crippen LogP contribution is 2.42. The molecule has 2 N–H and O–H groups in total. The fourth-order valence-corrected chi connectivity index (χ4v) is 5.02. The van der Waals surface area contributed by atoms with Crippen molar-refractivity contribution >= 4 is 27.8 Å². The molecule has 1 saturated carbocycles. The van der Waals surface area contributed by atoms with E-state index in [-0.39, 0.29) is 17.1 Å². The summed E-state index contributed by atoms with van der Waals surface area (Å²) in [5, 5.41) is 0. The van der Waals surface area contributed by atoms with Crippen LogP contribution in [0.2, 0.25) is 0 Å². The van der Waals surface area contributed by atoms with Crippen LogP contribution in [0.1, 0.15) is 45.1 Å². The molecule has 1 spiro atoms. The molecule has 0 unspecified atom stereocenters. The van der Waals surface area contributed by atoms with E-state index < -0.39 is 0 Å². The number of halogens is 1. The number of hydrogen-bond acceptors (Lipinski definition) is 6. The fraction of sp³-hybridized carbons (Fsp3) is 0.417. The van der Waals surface area contributed by atoms with Gasteiger partial charge in [0.15, 0.2) is 0 Å². The molecule has 1 fully saturated rings. The number of carbonyl (C=O) groups excluding carboxylic acids is 1. The van der Waals surface area contributed by atoms with Gasteiger partial charge in [-0.15, -0.1) is 0 Å². The third-order valence-electron chi connectivity index (χ3n) is 6.20. The number of rotatable bonds is 7. The monoisotopic (exact) mass is 499 g/mol. The Balaban J connectivity index is 1.69. The highest BCUT2D eigenvalue weighted by Gasteiger charge is 2.49. The van der Waals surface area contributed by atoms with Gasteiger partial charge in [-0.1, -0.05) is 38.1 Å². The Kier molecular flexibility index (Phi) is 6.07. The second-order valence-corrected chi connectivity index (χ2v) is 9.54. The van der Waals surface area contributed by atoms with Crippen LogP contribution < -0.4 is 10.5 Å². The molecular formula is C24H30BrN5O2. The Morgan fingerprint density at radius 3 is 2.50 bits per heavy atom. The summed E-state index contributed by atoms with van der Waals surface area (Å²) in [5.41, 5.74) is 7.56. The molecule has 1 aliphatic carbocycles. The number of ether oxygens (including phenoxy) is 1. The lowest BCUT2D eigenvalue weighted by Gasteiger charge is -2.41. The lowest BCUT2D eigenvalue weighted by Crippen LogP contribution is -2.55. The molecule has 7 nitrogen and oxygen atoms in total. The number of fused-ring (bicyclic) bond motifs is 1. The van der Waals surface area contributed by atoms with Crippen LogP contribution in [0.3, 0.4) is 0 Å². The summed E-state index contributed by atoms with van der Waals surface area (Å²) in [7, 11) is 0. The van der Waals surface area contributed by atoms with Gasteiger partial charge in [-0.25, -0.2) is 4.99 Å². The minimum absolute atomic E-state index is 0.139. The molecular weight excluding hydrogens is 470 g/mol. The van der Waals surface area contributed by atoms with Gasteiger partial charge in [0, 0.05) is 6.54 Å². The predicted molar refractivity (Wildman–Crippen MR) is 129 cm³/mol. The number of hydrogen-bond donors (Lipinski definition) is 1. The molecule has 0 bridgehead atoms. The minimum Gasteiger partial charge on any atom is -0.463 e. The van der Waals surface area contributed by atoms with E-state index in [9.17, 15) is 4.79 Å². The minimum atomic E-state index is -0.212. The van der Waals surface area contributed by atoms with Gasteiger partial charge in [0.2, 0.25) is 5.96 Å². The number of nitrogens with two attached hydrogens (primary N) is 1. The second-order valence-electron chi connectivity index (χ2n) is 8.63. The molecule has 2 aliphatic heterocycles. The van der Waals surface area contributed by atoms with Gasteiger partial charge in [-0.3, -0.25) is 14.6 Å². The zero-order valence-electron chi connectivity index (χ0n) is 18.7. The predicted octanol–water partition coefficient (Wildman–Crippen LogP) is 4.24. The Labute approximate surface area is 198 Å². The first-order valence-electron chi connectivity index (χ1n) is 11.0. The van der Waals surface area contributed by atoms with E-state index in [1.807, 2.05) is 43.0 Å². The molecule has 3 aliphatic rings. The Bertz CT molecular complexity index is 1010. The summed E-state index contributed by atoms with van der Waals surface area (Å²) < 4.78 is 6.19. The van der Waals surface area contributed by atoms with Crippen LogP contribution in [-0.2, 0) is 11.3 Å². The third kappa shape index (κ3) is 4.03. The lowest BCUT2D eigenvalue weighted by molar-refractivity contribution is -0.124. The van der Waals surface area contributed by atoms with Crippen LogP contribution in [0.25, 0.3) is 0 Å². The van der Waals surface area contributed by atoms with Gasteiger partial charge in [-0.2, -0.15) is 0 Å². The number of aliphatic imine (C=N–C) groups is 1. The van der Waals surface area contributed by atoms with Crippen molar-refractivity contribution in [3.8, 4) is 5.75 Å². The molecule has 1 aromatic rings. The zero-order chi connectivity index (χ0) is 23.0. The summed E-state index contributed by atoms with van der Waals surface area (Å²) in [4.78, 5) is 24.0. The van der Waals surface area contributed by atoms with E-state index in [0.29, 0.717) is 35.2 Å². The molecule has 0 saturated heterocycles. The van der Waals surface area contributed by atoms with Crippen LogP contribution in [0.5, 0.6) is 5.75 Å². The maximum Gasteiger partial charge on any atom is 0.280 e. The third-order valence-corrected chi connectivity index (χ3v) is 6.63. The number of carbonyl (C=O) groups is 1. The molecule has 0 aromatic heterocycles. The number of nitrogens with zero attached hydrogens (tertiary/aromatic N) is 4. The van der Waals surface area contributed by atoms with Gasteiger partial charge in [0.25, 0.3) is 5.91 Å². The van der Waals surface area contributed by atoms with Crippen molar-refractivity contribution in [1.82, 2.24) is 14.7 Å². The highest BCUT2D eigenvalue weighted by molar-refractivity contribution is 9.11. The molecule has 8 heteroatoms. The van der Waals surface area contributed by atoms with E-state index in [4.69, 9.17) is 15.5 Å². The van der Waals surface area contributed by atoms with E-state index in [1.54, 1.807) is 4.90 Å². The largest absolute Gasteiger partial charge is 0.463 e. The maximum absolute atomic E-state index is 13.2. The molecule has 32 heavy (non-hydrogen) atoms. The maximum atomic E-state index is 13.2. The quantitative estimate of drug-likeness (QED) is 0.448. The molecule has 2 heterocycles. The molecule has 170 valence electrons. The SMILES string of the molecule is C=C(C)Oc1ccc(CN(C(=C)Br)C2=C(N)C(=O)N(CC)C3=NC4(CCCC4)CN32)cc1. The first-order chi connectivity index (χ1) is 15.2. The van der Waals surface area contributed by atoms with Crippen molar-refractivity contribution in [1.29, 1.82) is 0 Å². The van der Waals surface area contributed by atoms with Gasteiger partial charge in [0.05, 0.1) is 29.0 Å². The van der Waals surface area contributed by atoms with Crippen LogP contribution in [0, 0.1) is 0 Å². The average molecular weight is 500 g/mol. The summed E-state index contributed by atoms with van der Waals surface area (Å²) in [6.07, 6.45) is 4.39. The molecule has 1 amide bonds. The second kappa shape index (κ2) is 8.65. The van der Waals surface area contributed by atoms with Crippen molar-refractivity contribution < 1.29 is 9.53 Å². The fourth-order valence-electron chi connectivity index (χ4n) is 4.73. The van der Waals surface area contributed by atoms with Crippen molar-refractivity contribution in [2.45, 2.75) is 51.6 Å².